The van der Waals surface area contributed by atoms with Crippen LogP contribution in [0.25, 0.3) is 10.8 Å². The van der Waals surface area contributed by atoms with Crippen molar-refractivity contribution in [3.63, 3.8) is 0 Å². The molecule has 2 nitrogen and oxygen atoms in total. The molecule has 0 aliphatic heterocycles. The van der Waals surface area contributed by atoms with Gasteiger partial charge in [-0.3, -0.25) is 4.79 Å². The van der Waals surface area contributed by atoms with Gasteiger partial charge in [-0.15, -0.1) is 0 Å². The molecule has 0 fully saturated rings. The first-order chi connectivity index (χ1) is 7.31. The molecule has 1 N–H and O–H groups in total. The Morgan fingerprint density at radius 3 is 2.67 bits per heavy atom. The molecule has 0 spiro atoms. The van der Waals surface area contributed by atoms with Crippen molar-refractivity contribution in [1.82, 2.24) is 0 Å². The van der Waals surface area contributed by atoms with Crippen LogP contribution in [-0.4, -0.2) is 5.91 Å². The molecule has 0 aromatic heterocycles. The van der Waals surface area contributed by atoms with E-state index in [9.17, 15) is 4.79 Å². The van der Waals surface area contributed by atoms with Crippen LogP contribution in [0.1, 0.15) is 6.42 Å². The fourth-order valence-electron chi connectivity index (χ4n) is 1.55. The van der Waals surface area contributed by atoms with Crippen LogP contribution < -0.4 is 5.32 Å². The normalized spacial score (nSPS) is 10.2. The lowest BCUT2D eigenvalue weighted by Crippen LogP contribution is -2.09. The van der Waals surface area contributed by atoms with Crippen molar-refractivity contribution >= 4 is 22.4 Å². The molecule has 0 heterocycles. The average molecular weight is 198 g/mol. The van der Waals surface area contributed by atoms with E-state index in [4.69, 9.17) is 0 Å². The Morgan fingerprint density at radius 1 is 1.13 bits per heavy atom. The second kappa shape index (κ2) is 4.13. The Morgan fingerprint density at radius 2 is 1.87 bits per heavy atom. The molecular weight excluding hydrogens is 186 g/mol. The molecule has 15 heavy (non-hydrogen) atoms. The van der Waals surface area contributed by atoms with Crippen molar-refractivity contribution < 1.29 is 4.79 Å². The summed E-state index contributed by atoms with van der Waals surface area (Å²) in [6, 6.07) is 13.8. The topological polar surface area (TPSA) is 29.1 Å². The molecule has 2 heteroatoms. The highest BCUT2D eigenvalue weighted by molar-refractivity contribution is 6.02. The zero-order valence-corrected chi connectivity index (χ0v) is 8.36. The number of hydrogen-bond donors (Lipinski definition) is 1. The highest BCUT2D eigenvalue weighted by Gasteiger charge is 2.02. The van der Waals surface area contributed by atoms with Gasteiger partial charge in [0.1, 0.15) is 0 Å². The number of carbonyl (C=O) groups excluding carboxylic acids is 1. The molecule has 0 saturated heterocycles. The molecule has 0 aliphatic rings. The first kappa shape index (κ1) is 9.71. The first-order valence-electron chi connectivity index (χ1n) is 4.88. The minimum atomic E-state index is -0.0636. The molecule has 0 atom stereocenters. The fourth-order valence-corrected chi connectivity index (χ4v) is 1.55. The second-order valence-electron chi connectivity index (χ2n) is 3.32. The standard InChI is InChI=1S/C13H12NO/c1-2-13(15)14-12-9-5-7-10-6-3-4-8-11(10)12/h3-9H,1-2H2,(H,14,15). The van der Waals surface area contributed by atoms with Crippen LogP contribution in [0.15, 0.2) is 42.5 Å². The van der Waals surface area contributed by atoms with Gasteiger partial charge in [0.05, 0.1) is 0 Å². The number of carbonyl (C=O) groups is 1. The minimum absolute atomic E-state index is 0.0636. The van der Waals surface area contributed by atoms with Crippen molar-refractivity contribution in [2.45, 2.75) is 6.42 Å². The molecule has 2 aromatic carbocycles. The van der Waals surface area contributed by atoms with Crippen LogP contribution in [0, 0.1) is 6.92 Å². The van der Waals surface area contributed by atoms with E-state index in [0.717, 1.165) is 16.5 Å². The molecule has 2 aromatic rings. The number of rotatable bonds is 2. The van der Waals surface area contributed by atoms with Gasteiger partial charge in [0.25, 0.3) is 0 Å². The van der Waals surface area contributed by atoms with E-state index >= 15 is 0 Å². The lowest BCUT2D eigenvalue weighted by molar-refractivity contribution is -0.115. The Balaban J connectivity index is 2.46. The molecule has 0 unspecified atom stereocenters. The lowest BCUT2D eigenvalue weighted by Gasteiger charge is -2.07. The lowest BCUT2D eigenvalue weighted by atomic mass is 10.1. The van der Waals surface area contributed by atoms with Gasteiger partial charge in [-0.1, -0.05) is 36.4 Å². The maximum atomic E-state index is 11.3. The fraction of sp³-hybridized carbons (Fsp3) is 0.0769. The van der Waals surface area contributed by atoms with Gasteiger partial charge in [0.15, 0.2) is 0 Å². The smallest absolute Gasteiger partial charge is 0.224 e. The Bertz CT molecular complexity index is 485. The van der Waals surface area contributed by atoms with Gasteiger partial charge < -0.3 is 5.32 Å². The Hall–Kier alpha value is -1.83. The summed E-state index contributed by atoms with van der Waals surface area (Å²) in [7, 11) is 0. The van der Waals surface area contributed by atoms with Crippen LogP contribution in [0.3, 0.4) is 0 Å². The van der Waals surface area contributed by atoms with E-state index in [2.05, 4.69) is 12.2 Å². The van der Waals surface area contributed by atoms with Gasteiger partial charge in [0.2, 0.25) is 5.91 Å². The predicted octanol–water partition coefficient (Wildman–Crippen LogP) is 3.00. The van der Waals surface area contributed by atoms with Gasteiger partial charge >= 0.3 is 0 Å². The predicted molar refractivity (Wildman–Crippen MR) is 62.6 cm³/mol. The third kappa shape index (κ3) is 1.99. The van der Waals surface area contributed by atoms with Crippen molar-refractivity contribution in [2.24, 2.45) is 0 Å². The Kier molecular flexibility index (Phi) is 2.68. The number of anilines is 1. The third-order valence-corrected chi connectivity index (χ3v) is 2.29. The summed E-state index contributed by atoms with van der Waals surface area (Å²) in [6.45, 7) is 3.55. The van der Waals surface area contributed by atoms with Crippen molar-refractivity contribution in [1.29, 1.82) is 0 Å². The van der Waals surface area contributed by atoms with E-state index in [1.54, 1.807) is 0 Å². The van der Waals surface area contributed by atoms with Crippen molar-refractivity contribution in [2.75, 3.05) is 5.32 Å². The third-order valence-electron chi connectivity index (χ3n) is 2.29. The number of fused-ring (bicyclic) bond motifs is 1. The number of hydrogen-bond acceptors (Lipinski definition) is 1. The summed E-state index contributed by atoms with van der Waals surface area (Å²) >= 11 is 0. The van der Waals surface area contributed by atoms with Gasteiger partial charge in [-0.25, -0.2) is 0 Å². The molecule has 0 aliphatic carbocycles. The maximum absolute atomic E-state index is 11.3. The second-order valence-corrected chi connectivity index (χ2v) is 3.32. The molecule has 1 radical (unpaired) electrons. The highest BCUT2D eigenvalue weighted by Crippen LogP contribution is 2.22. The van der Waals surface area contributed by atoms with Gasteiger partial charge in [-0.05, 0) is 18.4 Å². The number of benzene rings is 2. The summed E-state index contributed by atoms with van der Waals surface area (Å²) < 4.78 is 0. The zero-order valence-electron chi connectivity index (χ0n) is 8.36. The van der Waals surface area contributed by atoms with Gasteiger partial charge in [0, 0.05) is 17.5 Å². The SMILES string of the molecule is [CH2]CC(=O)Nc1cccc2ccccc12. The van der Waals surface area contributed by atoms with E-state index in [-0.39, 0.29) is 12.3 Å². The quantitative estimate of drug-likeness (QED) is 0.789. The van der Waals surface area contributed by atoms with E-state index < -0.39 is 0 Å². The van der Waals surface area contributed by atoms with E-state index in [0.29, 0.717) is 0 Å². The van der Waals surface area contributed by atoms with Crippen molar-refractivity contribution in [3.8, 4) is 0 Å². The highest BCUT2D eigenvalue weighted by atomic mass is 16.1. The van der Waals surface area contributed by atoms with Crippen LogP contribution in [0.2, 0.25) is 0 Å². The van der Waals surface area contributed by atoms with Crippen LogP contribution >= 0.6 is 0 Å². The largest absolute Gasteiger partial charge is 0.326 e. The Labute approximate surface area is 88.9 Å². The summed E-state index contributed by atoms with van der Waals surface area (Å²) in [5, 5.41) is 5.01. The number of amides is 1. The molecule has 0 bridgehead atoms. The van der Waals surface area contributed by atoms with Crippen LogP contribution in [0.4, 0.5) is 5.69 Å². The van der Waals surface area contributed by atoms with Crippen LogP contribution in [0.5, 0.6) is 0 Å². The molecule has 0 saturated carbocycles. The van der Waals surface area contributed by atoms with E-state index in [1.807, 2.05) is 42.5 Å². The van der Waals surface area contributed by atoms with Crippen molar-refractivity contribution in [3.05, 3.63) is 49.4 Å². The monoisotopic (exact) mass is 198 g/mol. The maximum Gasteiger partial charge on any atom is 0.224 e. The molecular formula is C13H12NO. The molecule has 1 amide bonds. The summed E-state index contributed by atoms with van der Waals surface area (Å²) in [4.78, 5) is 11.3. The summed E-state index contributed by atoms with van der Waals surface area (Å²) in [5.41, 5.74) is 0.849. The summed E-state index contributed by atoms with van der Waals surface area (Å²) in [5.74, 6) is -0.0636. The zero-order chi connectivity index (χ0) is 10.7. The number of nitrogens with one attached hydrogen (secondary N) is 1. The first-order valence-corrected chi connectivity index (χ1v) is 4.88. The summed E-state index contributed by atoms with van der Waals surface area (Å²) in [6.07, 6.45) is 0.253. The van der Waals surface area contributed by atoms with Gasteiger partial charge in [-0.2, -0.15) is 0 Å². The molecule has 2 rings (SSSR count). The minimum Gasteiger partial charge on any atom is -0.326 e. The molecule has 75 valence electrons. The average Bonchev–Trinajstić information content (AvgIpc) is 2.29. The van der Waals surface area contributed by atoms with Crippen LogP contribution in [-0.2, 0) is 4.79 Å². The van der Waals surface area contributed by atoms with E-state index in [1.165, 1.54) is 0 Å².